The number of benzene rings is 1. The fourth-order valence-corrected chi connectivity index (χ4v) is 3.41. The second-order valence-electron chi connectivity index (χ2n) is 4.94. The summed E-state index contributed by atoms with van der Waals surface area (Å²) in [5.74, 6) is 0.689. The Hall–Kier alpha value is -1.85. The molecule has 3 rings (SSSR count). The topological polar surface area (TPSA) is 64.1 Å². The number of rotatable bonds is 4. The van der Waals surface area contributed by atoms with E-state index in [9.17, 15) is 5.11 Å². The van der Waals surface area contributed by atoms with Gasteiger partial charge in [-0.15, -0.1) is 11.3 Å². The second kappa shape index (κ2) is 5.26. The number of fused-ring (bicyclic) bond motifs is 1. The second-order valence-corrected chi connectivity index (χ2v) is 5.97. The van der Waals surface area contributed by atoms with E-state index in [0.717, 1.165) is 17.5 Å². The minimum Gasteiger partial charge on any atom is -0.399 e. The van der Waals surface area contributed by atoms with Crippen molar-refractivity contribution in [2.75, 3.05) is 5.73 Å². The number of aliphatic hydroxyl groups is 1. The molecule has 1 unspecified atom stereocenters. The van der Waals surface area contributed by atoms with Crippen LogP contribution in [0.4, 0.5) is 5.69 Å². The molecule has 2 aromatic heterocycles. The Bertz CT molecular complexity index is 718. The van der Waals surface area contributed by atoms with Crippen molar-refractivity contribution < 1.29 is 5.11 Å². The van der Waals surface area contributed by atoms with Crippen LogP contribution in [-0.4, -0.2) is 14.7 Å². The van der Waals surface area contributed by atoms with E-state index in [1.165, 1.54) is 4.88 Å². The van der Waals surface area contributed by atoms with Gasteiger partial charge in [-0.25, -0.2) is 4.98 Å². The van der Waals surface area contributed by atoms with Gasteiger partial charge < -0.3 is 15.4 Å². The van der Waals surface area contributed by atoms with Gasteiger partial charge in [0.15, 0.2) is 0 Å². The highest BCUT2D eigenvalue weighted by Crippen LogP contribution is 2.26. The number of nitrogen functional groups attached to an aromatic ring is 1. The number of anilines is 1. The lowest BCUT2D eigenvalue weighted by atomic mass is 10.2. The smallest absolute Gasteiger partial charge is 0.135 e. The molecule has 0 saturated heterocycles. The third-order valence-electron chi connectivity index (χ3n) is 3.45. The molecule has 5 heteroatoms. The number of nitrogens with two attached hydrogens (primary N) is 1. The van der Waals surface area contributed by atoms with Crippen molar-refractivity contribution in [2.45, 2.75) is 26.0 Å². The first-order valence-corrected chi connectivity index (χ1v) is 7.46. The van der Waals surface area contributed by atoms with Gasteiger partial charge in [0.25, 0.3) is 0 Å². The normalized spacial score (nSPS) is 12.9. The summed E-state index contributed by atoms with van der Waals surface area (Å²) in [4.78, 5) is 5.81. The van der Waals surface area contributed by atoms with E-state index in [0.29, 0.717) is 11.5 Å². The summed E-state index contributed by atoms with van der Waals surface area (Å²) in [7, 11) is 0. The van der Waals surface area contributed by atoms with Crippen LogP contribution in [0.15, 0.2) is 35.7 Å². The Morgan fingerprint density at radius 3 is 2.95 bits per heavy atom. The molecule has 1 aromatic carbocycles. The van der Waals surface area contributed by atoms with Crippen LogP contribution in [0, 0.1) is 0 Å². The molecule has 2 heterocycles. The monoisotopic (exact) mass is 287 g/mol. The van der Waals surface area contributed by atoms with E-state index in [1.807, 2.05) is 18.2 Å². The molecule has 0 radical (unpaired) electrons. The molecule has 0 bridgehead atoms. The van der Waals surface area contributed by atoms with Crippen LogP contribution in [-0.2, 0) is 13.0 Å². The Kier molecular flexibility index (Phi) is 3.46. The summed E-state index contributed by atoms with van der Waals surface area (Å²) in [5, 5.41) is 11.6. The third-order valence-corrected chi connectivity index (χ3v) is 4.34. The van der Waals surface area contributed by atoms with Gasteiger partial charge in [-0.05, 0) is 36.6 Å². The molecule has 0 aliphatic carbocycles. The molecule has 1 atom stereocenters. The van der Waals surface area contributed by atoms with E-state index in [2.05, 4.69) is 34.0 Å². The maximum atomic E-state index is 9.55. The number of hydrogen-bond acceptors (Lipinski definition) is 4. The highest BCUT2D eigenvalue weighted by Gasteiger charge is 2.16. The van der Waals surface area contributed by atoms with Crippen LogP contribution in [0.25, 0.3) is 11.0 Å². The number of aromatic nitrogens is 2. The Morgan fingerprint density at radius 1 is 1.40 bits per heavy atom. The van der Waals surface area contributed by atoms with E-state index in [1.54, 1.807) is 11.3 Å². The lowest BCUT2D eigenvalue weighted by molar-refractivity contribution is 0.262. The average Bonchev–Trinajstić information content (AvgIpc) is 3.04. The summed E-state index contributed by atoms with van der Waals surface area (Å²) in [6.45, 7) is 2.08. The fourth-order valence-electron chi connectivity index (χ4n) is 2.58. The van der Waals surface area contributed by atoms with Crippen molar-refractivity contribution in [1.82, 2.24) is 9.55 Å². The predicted molar refractivity (Wildman–Crippen MR) is 82.8 cm³/mol. The molecular formula is C15H17N3OS. The molecule has 3 aromatic rings. The van der Waals surface area contributed by atoms with E-state index < -0.39 is 0 Å². The van der Waals surface area contributed by atoms with Crippen molar-refractivity contribution in [1.29, 1.82) is 0 Å². The predicted octanol–water partition coefficient (Wildman–Crippen LogP) is 2.98. The first-order valence-electron chi connectivity index (χ1n) is 6.58. The number of hydrogen-bond donors (Lipinski definition) is 2. The van der Waals surface area contributed by atoms with Gasteiger partial charge in [0.1, 0.15) is 12.4 Å². The third kappa shape index (κ3) is 2.30. The zero-order chi connectivity index (χ0) is 14.1. The highest BCUT2D eigenvalue weighted by molar-refractivity contribution is 7.09. The van der Waals surface area contributed by atoms with Crippen LogP contribution >= 0.6 is 11.3 Å². The first kappa shape index (κ1) is 13.1. The van der Waals surface area contributed by atoms with Gasteiger partial charge >= 0.3 is 0 Å². The van der Waals surface area contributed by atoms with Crippen LogP contribution in [0.1, 0.15) is 23.7 Å². The lowest BCUT2D eigenvalue weighted by Crippen LogP contribution is -2.11. The number of nitrogens with zero attached hydrogens (tertiary/aromatic N) is 2. The zero-order valence-electron chi connectivity index (χ0n) is 11.3. The Morgan fingerprint density at radius 2 is 2.25 bits per heavy atom. The highest BCUT2D eigenvalue weighted by atomic mass is 32.1. The lowest BCUT2D eigenvalue weighted by Gasteiger charge is -2.16. The van der Waals surface area contributed by atoms with Gasteiger partial charge in [-0.3, -0.25) is 0 Å². The average molecular weight is 287 g/mol. The van der Waals surface area contributed by atoms with Crippen LogP contribution in [0.2, 0.25) is 0 Å². The summed E-state index contributed by atoms with van der Waals surface area (Å²) in [6, 6.07) is 10.1. The zero-order valence-corrected chi connectivity index (χ0v) is 12.1. The van der Waals surface area contributed by atoms with Crippen LogP contribution in [0.5, 0.6) is 0 Å². The van der Waals surface area contributed by atoms with Crippen molar-refractivity contribution in [3.05, 3.63) is 46.4 Å². The number of thiophene rings is 1. The summed E-state index contributed by atoms with van der Waals surface area (Å²) in [5.41, 5.74) is 8.35. The molecule has 4 nitrogen and oxygen atoms in total. The van der Waals surface area contributed by atoms with Gasteiger partial charge in [-0.2, -0.15) is 0 Å². The summed E-state index contributed by atoms with van der Waals surface area (Å²) in [6.07, 6.45) is 0.931. The molecule has 104 valence electrons. The molecule has 0 spiro atoms. The fraction of sp³-hybridized carbons (Fsp3) is 0.267. The number of imidazole rings is 1. The molecule has 20 heavy (non-hydrogen) atoms. The van der Waals surface area contributed by atoms with Crippen molar-refractivity contribution in [2.24, 2.45) is 0 Å². The minimum atomic E-state index is -0.0661. The SMILES string of the molecule is CC(Cc1cccs1)n1c(CO)nc2cc(N)ccc21. The van der Waals surface area contributed by atoms with Gasteiger partial charge in [0, 0.05) is 23.0 Å². The van der Waals surface area contributed by atoms with Crippen molar-refractivity contribution in [3.8, 4) is 0 Å². The molecule has 3 N–H and O–H groups in total. The molecular weight excluding hydrogens is 270 g/mol. The number of aliphatic hydroxyl groups excluding tert-OH is 1. The summed E-state index contributed by atoms with van der Waals surface area (Å²) >= 11 is 1.75. The van der Waals surface area contributed by atoms with Crippen molar-refractivity contribution in [3.63, 3.8) is 0 Å². The summed E-state index contributed by atoms with van der Waals surface area (Å²) < 4.78 is 2.11. The largest absolute Gasteiger partial charge is 0.399 e. The molecule has 0 aliphatic heterocycles. The van der Waals surface area contributed by atoms with Gasteiger partial charge in [-0.1, -0.05) is 6.07 Å². The molecule has 0 amide bonds. The molecule has 0 aliphatic rings. The Labute approximate surface area is 121 Å². The van der Waals surface area contributed by atoms with Crippen LogP contribution < -0.4 is 5.73 Å². The van der Waals surface area contributed by atoms with E-state index in [-0.39, 0.29) is 12.6 Å². The van der Waals surface area contributed by atoms with E-state index >= 15 is 0 Å². The standard InChI is InChI=1S/C15H17N3OS/c1-10(7-12-3-2-6-20-12)18-14-5-4-11(16)8-13(14)17-15(18)9-19/h2-6,8,10,19H,7,9,16H2,1H3. The van der Waals surface area contributed by atoms with E-state index in [4.69, 9.17) is 5.73 Å². The van der Waals surface area contributed by atoms with Crippen molar-refractivity contribution >= 4 is 28.1 Å². The minimum absolute atomic E-state index is 0.0661. The van der Waals surface area contributed by atoms with Crippen LogP contribution in [0.3, 0.4) is 0 Å². The maximum absolute atomic E-state index is 9.55. The molecule has 0 saturated carbocycles. The Balaban J connectivity index is 2.04. The van der Waals surface area contributed by atoms with Gasteiger partial charge in [0.2, 0.25) is 0 Å². The maximum Gasteiger partial charge on any atom is 0.135 e. The van der Waals surface area contributed by atoms with Gasteiger partial charge in [0.05, 0.1) is 11.0 Å². The molecule has 0 fully saturated rings. The quantitative estimate of drug-likeness (QED) is 0.725. The first-order chi connectivity index (χ1) is 9.69.